The van der Waals surface area contributed by atoms with Crippen LogP contribution in [-0.4, -0.2) is 43.3 Å². The molecule has 0 spiro atoms. The fourth-order valence-corrected chi connectivity index (χ4v) is 3.21. The van der Waals surface area contributed by atoms with Crippen LogP contribution in [0.5, 0.6) is 11.8 Å². The summed E-state index contributed by atoms with van der Waals surface area (Å²) in [5.74, 6) is 1.85. The standard InChI is InChI=1S/C17H20N4O2/c1-22-17-19-13-7-9-18-8-6-12(13)16(20-17)21-10-11-23-15-5-3-2-4-14(15)21/h2-5,18H,6-11H2,1H3. The lowest BCUT2D eigenvalue weighted by Gasteiger charge is -2.32. The summed E-state index contributed by atoms with van der Waals surface area (Å²) in [4.78, 5) is 11.5. The van der Waals surface area contributed by atoms with Crippen LogP contribution in [0.4, 0.5) is 11.5 Å². The number of para-hydroxylation sites is 2. The van der Waals surface area contributed by atoms with Gasteiger partial charge in [-0.25, -0.2) is 0 Å². The van der Waals surface area contributed by atoms with Crippen LogP contribution in [0.15, 0.2) is 24.3 Å². The van der Waals surface area contributed by atoms with Gasteiger partial charge in [-0.05, 0) is 25.1 Å². The molecule has 3 heterocycles. The van der Waals surface area contributed by atoms with Gasteiger partial charge in [-0.1, -0.05) is 12.1 Å². The zero-order valence-corrected chi connectivity index (χ0v) is 13.2. The molecule has 4 rings (SSSR count). The zero-order chi connectivity index (χ0) is 15.6. The van der Waals surface area contributed by atoms with Crippen molar-refractivity contribution < 1.29 is 9.47 Å². The van der Waals surface area contributed by atoms with E-state index in [9.17, 15) is 0 Å². The summed E-state index contributed by atoms with van der Waals surface area (Å²) in [7, 11) is 1.62. The van der Waals surface area contributed by atoms with E-state index in [1.165, 1.54) is 5.56 Å². The van der Waals surface area contributed by atoms with Gasteiger partial charge in [-0.3, -0.25) is 0 Å². The van der Waals surface area contributed by atoms with E-state index in [0.717, 1.165) is 55.4 Å². The molecular weight excluding hydrogens is 292 g/mol. The molecule has 0 amide bonds. The van der Waals surface area contributed by atoms with E-state index in [4.69, 9.17) is 9.47 Å². The molecule has 0 atom stereocenters. The predicted molar refractivity (Wildman–Crippen MR) is 87.8 cm³/mol. The van der Waals surface area contributed by atoms with Crippen molar-refractivity contribution >= 4 is 11.5 Å². The van der Waals surface area contributed by atoms with E-state index < -0.39 is 0 Å². The van der Waals surface area contributed by atoms with E-state index in [1.54, 1.807) is 7.11 Å². The van der Waals surface area contributed by atoms with Crippen molar-refractivity contribution in [1.82, 2.24) is 15.3 Å². The van der Waals surface area contributed by atoms with Crippen molar-refractivity contribution in [2.24, 2.45) is 0 Å². The molecule has 1 aromatic heterocycles. The van der Waals surface area contributed by atoms with Crippen LogP contribution in [0.1, 0.15) is 11.3 Å². The highest BCUT2D eigenvalue weighted by atomic mass is 16.5. The van der Waals surface area contributed by atoms with E-state index in [0.29, 0.717) is 12.6 Å². The molecular formula is C17H20N4O2. The smallest absolute Gasteiger partial charge is 0.318 e. The minimum absolute atomic E-state index is 0.435. The maximum Gasteiger partial charge on any atom is 0.318 e. The number of anilines is 2. The Morgan fingerprint density at radius 3 is 2.96 bits per heavy atom. The van der Waals surface area contributed by atoms with E-state index in [1.807, 2.05) is 18.2 Å². The van der Waals surface area contributed by atoms with Gasteiger partial charge in [-0.15, -0.1) is 0 Å². The first-order valence-corrected chi connectivity index (χ1v) is 8.00. The minimum atomic E-state index is 0.435. The monoisotopic (exact) mass is 312 g/mol. The summed E-state index contributed by atoms with van der Waals surface area (Å²) >= 11 is 0. The van der Waals surface area contributed by atoms with Gasteiger partial charge in [0.25, 0.3) is 0 Å². The minimum Gasteiger partial charge on any atom is -0.490 e. The number of hydrogen-bond acceptors (Lipinski definition) is 6. The number of nitrogens with one attached hydrogen (secondary N) is 1. The molecule has 0 aliphatic carbocycles. The number of nitrogens with zero attached hydrogens (tertiary/aromatic N) is 3. The molecule has 6 heteroatoms. The third-order valence-corrected chi connectivity index (χ3v) is 4.31. The highest BCUT2D eigenvalue weighted by molar-refractivity contribution is 5.70. The Morgan fingerprint density at radius 2 is 2.04 bits per heavy atom. The average molecular weight is 312 g/mol. The topological polar surface area (TPSA) is 59.5 Å². The number of ether oxygens (including phenoxy) is 2. The molecule has 0 radical (unpaired) electrons. The Bertz CT molecular complexity index is 720. The second-order valence-electron chi connectivity index (χ2n) is 5.68. The largest absolute Gasteiger partial charge is 0.490 e. The lowest BCUT2D eigenvalue weighted by Crippen LogP contribution is -2.30. The lowest BCUT2D eigenvalue weighted by molar-refractivity contribution is 0.313. The van der Waals surface area contributed by atoms with Crippen LogP contribution >= 0.6 is 0 Å². The molecule has 120 valence electrons. The molecule has 2 aliphatic rings. The van der Waals surface area contributed by atoms with Crippen molar-refractivity contribution in [3.05, 3.63) is 35.5 Å². The normalized spacial score (nSPS) is 16.8. The van der Waals surface area contributed by atoms with E-state index in [2.05, 4.69) is 26.3 Å². The first-order chi connectivity index (χ1) is 11.4. The van der Waals surface area contributed by atoms with Crippen molar-refractivity contribution in [2.45, 2.75) is 12.8 Å². The van der Waals surface area contributed by atoms with Crippen molar-refractivity contribution in [1.29, 1.82) is 0 Å². The van der Waals surface area contributed by atoms with Gasteiger partial charge < -0.3 is 19.7 Å². The number of hydrogen-bond donors (Lipinski definition) is 1. The molecule has 0 fully saturated rings. The molecule has 23 heavy (non-hydrogen) atoms. The number of rotatable bonds is 2. The van der Waals surface area contributed by atoms with Gasteiger partial charge in [0.2, 0.25) is 0 Å². The van der Waals surface area contributed by atoms with Gasteiger partial charge in [0.05, 0.1) is 25.0 Å². The van der Waals surface area contributed by atoms with Crippen LogP contribution in [0, 0.1) is 0 Å². The fourth-order valence-electron chi connectivity index (χ4n) is 3.21. The second kappa shape index (κ2) is 6.04. The van der Waals surface area contributed by atoms with Crippen LogP contribution in [0.3, 0.4) is 0 Å². The molecule has 6 nitrogen and oxygen atoms in total. The second-order valence-corrected chi connectivity index (χ2v) is 5.68. The number of aromatic nitrogens is 2. The Balaban J connectivity index is 1.85. The van der Waals surface area contributed by atoms with E-state index >= 15 is 0 Å². The maximum absolute atomic E-state index is 5.77. The SMILES string of the molecule is COc1nc2c(c(N3CCOc4ccccc43)n1)CCNCC2. The van der Waals surface area contributed by atoms with Gasteiger partial charge in [0.15, 0.2) is 0 Å². The molecule has 1 aromatic carbocycles. The molecule has 0 saturated heterocycles. The Hall–Kier alpha value is -2.34. The van der Waals surface area contributed by atoms with Crippen LogP contribution in [0.25, 0.3) is 0 Å². The highest BCUT2D eigenvalue weighted by Crippen LogP contribution is 2.38. The molecule has 2 aliphatic heterocycles. The molecule has 0 bridgehead atoms. The molecule has 2 aromatic rings. The molecule has 0 saturated carbocycles. The average Bonchev–Trinajstić information content (AvgIpc) is 2.85. The van der Waals surface area contributed by atoms with Gasteiger partial charge in [0, 0.05) is 18.5 Å². The Kier molecular flexibility index (Phi) is 3.75. The lowest BCUT2D eigenvalue weighted by atomic mass is 10.1. The van der Waals surface area contributed by atoms with E-state index in [-0.39, 0.29) is 0 Å². The summed E-state index contributed by atoms with van der Waals surface area (Å²) in [6.45, 7) is 3.31. The van der Waals surface area contributed by atoms with Crippen molar-refractivity contribution in [2.75, 3.05) is 38.3 Å². The van der Waals surface area contributed by atoms with Crippen LogP contribution < -0.4 is 19.7 Å². The predicted octanol–water partition coefficient (Wildman–Crippen LogP) is 1.70. The van der Waals surface area contributed by atoms with Crippen molar-refractivity contribution in [3.63, 3.8) is 0 Å². The number of methoxy groups -OCH3 is 1. The number of fused-ring (bicyclic) bond motifs is 2. The van der Waals surface area contributed by atoms with Gasteiger partial charge >= 0.3 is 6.01 Å². The van der Waals surface area contributed by atoms with Crippen LogP contribution in [-0.2, 0) is 12.8 Å². The Labute approximate surface area is 135 Å². The zero-order valence-electron chi connectivity index (χ0n) is 13.2. The first-order valence-electron chi connectivity index (χ1n) is 8.00. The summed E-state index contributed by atoms with van der Waals surface area (Å²) < 4.78 is 11.1. The summed E-state index contributed by atoms with van der Waals surface area (Å²) in [6, 6.07) is 8.53. The number of benzene rings is 1. The maximum atomic E-state index is 5.77. The quantitative estimate of drug-likeness (QED) is 0.911. The van der Waals surface area contributed by atoms with Gasteiger partial charge in [-0.2, -0.15) is 9.97 Å². The Morgan fingerprint density at radius 1 is 1.17 bits per heavy atom. The fraction of sp³-hybridized carbons (Fsp3) is 0.412. The summed E-state index contributed by atoms with van der Waals surface area (Å²) in [5.41, 5.74) is 3.35. The van der Waals surface area contributed by atoms with Crippen molar-refractivity contribution in [3.8, 4) is 11.8 Å². The first kappa shape index (κ1) is 14.3. The third kappa shape index (κ3) is 2.59. The van der Waals surface area contributed by atoms with Gasteiger partial charge in [0.1, 0.15) is 18.2 Å². The highest BCUT2D eigenvalue weighted by Gasteiger charge is 2.26. The third-order valence-electron chi connectivity index (χ3n) is 4.31. The molecule has 0 unspecified atom stereocenters. The molecule has 1 N–H and O–H groups in total. The van der Waals surface area contributed by atoms with Crippen LogP contribution in [0.2, 0.25) is 0 Å². The summed E-state index contributed by atoms with van der Waals surface area (Å²) in [6.07, 6.45) is 1.82. The summed E-state index contributed by atoms with van der Waals surface area (Å²) in [5, 5.41) is 3.43.